The number of methoxy groups -OCH3 is 1. The number of hydrogen-bond donors (Lipinski definition) is 1. The minimum absolute atomic E-state index is 0.0582. The number of amides is 1. The SMILES string of the molecule is CCCCn1c(CCCNC(=O)c2ccc(OC)cc2)nc2ccccc21. The molecule has 0 aliphatic rings. The second-order valence-electron chi connectivity index (χ2n) is 6.61. The number of imidazole rings is 1. The Bertz CT molecular complexity index is 884. The Morgan fingerprint density at radius 3 is 2.63 bits per heavy atom. The van der Waals surface area contributed by atoms with E-state index in [0.29, 0.717) is 12.1 Å². The van der Waals surface area contributed by atoms with Crippen molar-refractivity contribution >= 4 is 16.9 Å². The van der Waals surface area contributed by atoms with Gasteiger partial charge in [0.2, 0.25) is 0 Å². The lowest BCUT2D eigenvalue weighted by Gasteiger charge is -2.09. The van der Waals surface area contributed by atoms with E-state index < -0.39 is 0 Å². The highest BCUT2D eigenvalue weighted by atomic mass is 16.5. The molecule has 0 saturated heterocycles. The topological polar surface area (TPSA) is 56.2 Å². The molecule has 1 aromatic heterocycles. The number of benzene rings is 2. The molecular formula is C22H27N3O2. The van der Waals surface area contributed by atoms with Crippen LogP contribution < -0.4 is 10.1 Å². The average Bonchev–Trinajstić information content (AvgIpc) is 3.07. The number of carbonyl (C=O) groups excluding carboxylic acids is 1. The molecule has 0 saturated carbocycles. The van der Waals surface area contributed by atoms with Gasteiger partial charge in [0, 0.05) is 25.1 Å². The first kappa shape index (κ1) is 19.0. The molecule has 5 nitrogen and oxygen atoms in total. The van der Waals surface area contributed by atoms with Crippen LogP contribution in [0.5, 0.6) is 5.75 Å². The number of fused-ring (bicyclic) bond motifs is 1. The van der Waals surface area contributed by atoms with Crippen molar-refractivity contribution in [2.75, 3.05) is 13.7 Å². The number of rotatable bonds is 9. The average molecular weight is 365 g/mol. The summed E-state index contributed by atoms with van der Waals surface area (Å²) in [5.41, 5.74) is 2.89. The first-order valence-electron chi connectivity index (χ1n) is 9.59. The quantitative estimate of drug-likeness (QED) is 0.578. The van der Waals surface area contributed by atoms with Crippen molar-refractivity contribution in [2.24, 2.45) is 0 Å². The second kappa shape index (κ2) is 9.21. The van der Waals surface area contributed by atoms with Crippen molar-refractivity contribution in [3.63, 3.8) is 0 Å². The molecule has 2 aromatic carbocycles. The molecule has 0 bridgehead atoms. The van der Waals surface area contributed by atoms with E-state index in [-0.39, 0.29) is 5.91 Å². The number of hydrogen-bond acceptors (Lipinski definition) is 3. The molecule has 5 heteroatoms. The molecule has 0 unspecified atom stereocenters. The number of unbranched alkanes of at least 4 members (excludes halogenated alkanes) is 1. The molecule has 0 aliphatic carbocycles. The molecule has 0 fully saturated rings. The molecule has 3 rings (SSSR count). The van der Waals surface area contributed by atoms with E-state index in [0.717, 1.165) is 49.3 Å². The predicted octanol–water partition coefficient (Wildman–Crippen LogP) is 4.21. The van der Waals surface area contributed by atoms with Gasteiger partial charge in [-0.3, -0.25) is 4.79 Å². The molecular weight excluding hydrogens is 338 g/mol. The van der Waals surface area contributed by atoms with Crippen LogP contribution in [0.25, 0.3) is 11.0 Å². The van der Waals surface area contributed by atoms with E-state index >= 15 is 0 Å². The minimum atomic E-state index is -0.0582. The van der Waals surface area contributed by atoms with E-state index in [1.807, 2.05) is 6.07 Å². The third-order valence-electron chi connectivity index (χ3n) is 4.68. The Hall–Kier alpha value is -2.82. The van der Waals surface area contributed by atoms with Gasteiger partial charge in [-0.15, -0.1) is 0 Å². The van der Waals surface area contributed by atoms with Crippen LogP contribution in [0.15, 0.2) is 48.5 Å². The maximum atomic E-state index is 12.2. The second-order valence-corrected chi connectivity index (χ2v) is 6.61. The smallest absolute Gasteiger partial charge is 0.251 e. The van der Waals surface area contributed by atoms with Crippen LogP contribution in [0.3, 0.4) is 0 Å². The Morgan fingerprint density at radius 1 is 1.11 bits per heavy atom. The molecule has 142 valence electrons. The maximum absolute atomic E-state index is 12.2. The highest BCUT2D eigenvalue weighted by Crippen LogP contribution is 2.18. The summed E-state index contributed by atoms with van der Waals surface area (Å²) in [7, 11) is 1.61. The summed E-state index contributed by atoms with van der Waals surface area (Å²) in [5, 5.41) is 2.99. The van der Waals surface area contributed by atoms with Gasteiger partial charge in [-0.05, 0) is 49.2 Å². The molecule has 27 heavy (non-hydrogen) atoms. The first-order chi connectivity index (χ1) is 13.2. The Morgan fingerprint density at radius 2 is 1.89 bits per heavy atom. The van der Waals surface area contributed by atoms with Crippen LogP contribution in [0.1, 0.15) is 42.4 Å². The van der Waals surface area contributed by atoms with Crippen molar-refractivity contribution in [3.8, 4) is 5.75 Å². The van der Waals surface area contributed by atoms with E-state index in [1.54, 1.807) is 31.4 Å². The summed E-state index contributed by atoms with van der Waals surface area (Å²) in [4.78, 5) is 17.0. The van der Waals surface area contributed by atoms with Crippen LogP contribution in [-0.2, 0) is 13.0 Å². The van der Waals surface area contributed by atoms with Gasteiger partial charge in [-0.2, -0.15) is 0 Å². The Kier molecular flexibility index (Phi) is 6.47. The van der Waals surface area contributed by atoms with Crippen LogP contribution in [0, 0.1) is 0 Å². The number of nitrogens with zero attached hydrogens (tertiary/aromatic N) is 2. The standard InChI is InChI=1S/C22H27N3O2/c1-3-4-16-25-20-9-6-5-8-19(20)24-21(25)10-7-15-23-22(26)17-11-13-18(27-2)14-12-17/h5-6,8-9,11-14H,3-4,7,10,15-16H2,1-2H3,(H,23,26). The zero-order chi connectivity index (χ0) is 19.1. The van der Waals surface area contributed by atoms with Crippen molar-refractivity contribution in [2.45, 2.75) is 39.2 Å². The summed E-state index contributed by atoms with van der Waals surface area (Å²) in [6.45, 7) is 3.82. The summed E-state index contributed by atoms with van der Waals surface area (Å²) in [6, 6.07) is 15.4. The fourth-order valence-corrected chi connectivity index (χ4v) is 3.17. The number of ether oxygens (including phenoxy) is 1. The normalized spacial score (nSPS) is 10.9. The molecule has 0 aliphatic heterocycles. The highest BCUT2D eigenvalue weighted by Gasteiger charge is 2.10. The predicted molar refractivity (Wildman–Crippen MR) is 108 cm³/mol. The minimum Gasteiger partial charge on any atom is -0.497 e. The highest BCUT2D eigenvalue weighted by molar-refractivity contribution is 5.94. The molecule has 0 radical (unpaired) electrons. The monoisotopic (exact) mass is 365 g/mol. The number of para-hydroxylation sites is 2. The Balaban J connectivity index is 1.57. The van der Waals surface area contributed by atoms with Gasteiger partial charge in [-0.25, -0.2) is 4.98 Å². The van der Waals surface area contributed by atoms with E-state index in [9.17, 15) is 4.79 Å². The molecule has 1 amide bonds. The lowest BCUT2D eigenvalue weighted by molar-refractivity contribution is 0.0953. The number of aryl methyl sites for hydroxylation is 2. The number of aromatic nitrogens is 2. The van der Waals surface area contributed by atoms with Gasteiger partial charge in [0.25, 0.3) is 5.91 Å². The van der Waals surface area contributed by atoms with Crippen molar-refractivity contribution < 1.29 is 9.53 Å². The maximum Gasteiger partial charge on any atom is 0.251 e. The van der Waals surface area contributed by atoms with Gasteiger partial charge >= 0.3 is 0 Å². The fourth-order valence-electron chi connectivity index (χ4n) is 3.17. The fraction of sp³-hybridized carbons (Fsp3) is 0.364. The number of nitrogens with one attached hydrogen (secondary N) is 1. The molecule has 0 spiro atoms. The molecule has 1 heterocycles. The molecule has 0 atom stereocenters. The van der Waals surface area contributed by atoms with Gasteiger partial charge in [-0.1, -0.05) is 25.5 Å². The lowest BCUT2D eigenvalue weighted by atomic mass is 10.2. The van der Waals surface area contributed by atoms with E-state index in [4.69, 9.17) is 9.72 Å². The molecule has 1 N–H and O–H groups in total. The number of carbonyl (C=O) groups is 1. The zero-order valence-corrected chi connectivity index (χ0v) is 16.1. The van der Waals surface area contributed by atoms with Crippen LogP contribution in [0.4, 0.5) is 0 Å². The summed E-state index contributed by atoms with van der Waals surface area (Å²) >= 11 is 0. The van der Waals surface area contributed by atoms with Crippen LogP contribution in [-0.4, -0.2) is 29.1 Å². The van der Waals surface area contributed by atoms with Crippen molar-refractivity contribution in [1.82, 2.24) is 14.9 Å². The van der Waals surface area contributed by atoms with Gasteiger partial charge in [0.1, 0.15) is 11.6 Å². The van der Waals surface area contributed by atoms with Gasteiger partial charge < -0.3 is 14.6 Å². The third kappa shape index (κ3) is 4.67. The largest absolute Gasteiger partial charge is 0.497 e. The van der Waals surface area contributed by atoms with Crippen molar-refractivity contribution in [1.29, 1.82) is 0 Å². The third-order valence-corrected chi connectivity index (χ3v) is 4.68. The lowest BCUT2D eigenvalue weighted by Crippen LogP contribution is -2.25. The van der Waals surface area contributed by atoms with Crippen LogP contribution in [0.2, 0.25) is 0 Å². The Labute approximate surface area is 160 Å². The van der Waals surface area contributed by atoms with E-state index in [1.165, 1.54) is 5.52 Å². The molecule has 3 aromatic rings. The summed E-state index contributed by atoms with van der Waals surface area (Å²) < 4.78 is 7.44. The van der Waals surface area contributed by atoms with Gasteiger partial charge in [0.05, 0.1) is 18.1 Å². The van der Waals surface area contributed by atoms with Gasteiger partial charge in [0.15, 0.2) is 0 Å². The van der Waals surface area contributed by atoms with E-state index in [2.05, 4.69) is 35.0 Å². The van der Waals surface area contributed by atoms with Crippen LogP contribution >= 0.6 is 0 Å². The zero-order valence-electron chi connectivity index (χ0n) is 16.1. The first-order valence-corrected chi connectivity index (χ1v) is 9.59. The van der Waals surface area contributed by atoms with Crippen molar-refractivity contribution in [3.05, 3.63) is 59.9 Å². The summed E-state index contributed by atoms with van der Waals surface area (Å²) in [6.07, 6.45) is 4.00. The summed E-state index contributed by atoms with van der Waals surface area (Å²) in [5.74, 6) is 1.79.